The summed E-state index contributed by atoms with van der Waals surface area (Å²) in [5, 5.41) is 2.85. The minimum atomic E-state index is -0.137. The van der Waals surface area contributed by atoms with Gasteiger partial charge in [-0.1, -0.05) is 18.2 Å². The van der Waals surface area contributed by atoms with Gasteiger partial charge in [-0.3, -0.25) is 9.59 Å². The van der Waals surface area contributed by atoms with Crippen LogP contribution in [0.15, 0.2) is 48.5 Å². The van der Waals surface area contributed by atoms with E-state index in [0.29, 0.717) is 43.2 Å². The molecule has 1 N–H and O–H groups in total. The number of ether oxygens (including phenoxy) is 2. The molecule has 0 saturated heterocycles. The monoisotopic (exact) mass is 384 g/mol. The lowest BCUT2D eigenvalue weighted by atomic mass is 10.2. The van der Waals surface area contributed by atoms with Gasteiger partial charge in [0.1, 0.15) is 0 Å². The van der Waals surface area contributed by atoms with Gasteiger partial charge >= 0.3 is 0 Å². The van der Waals surface area contributed by atoms with Crippen LogP contribution in [0, 0.1) is 0 Å². The zero-order valence-corrected chi connectivity index (χ0v) is 16.7. The third-order valence-electron chi connectivity index (χ3n) is 4.14. The van der Waals surface area contributed by atoms with E-state index >= 15 is 0 Å². The molecule has 150 valence electrons. The number of rotatable bonds is 10. The molecule has 6 heteroatoms. The van der Waals surface area contributed by atoms with Crippen LogP contribution in [0.1, 0.15) is 33.1 Å². The smallest absolute Gasteiger partial charge is 0.226 e. The molecule has 2 amide bonds. The first-order chi connectivity index (χ1) is 13.5. The lowest BCUT2D eigenvalue weighted by molar-refractivity contribution is -0.118. The Morgan fingerprint density at radius 2 is 1.61 bits per heavy atom. The molecule has 0 radical (unpaired) electrons. The van der Waals surface area contributed by atoms with Gasteiger partial charge < -0.3 is 19.7 Å². The van der Waals surface area contributed by atoms with Crippen LogP contribution in [0.2, 0.25) is 0 Å². The predicted molar refractivity (Wildman–Crippen MR) is 111 cm³/mol. The highest BCUT2D eigenvalue weighted by atomic mass is 16.5. The largest absolute Gasteiger partial charge is 0.490 e. The van der Waals surface area contributed by atoms with Crippen LogP contribution >= 0.6 is 0 Å². The fourth-order valence-corrected chi connectivity index (χ4v) is 2.72. The van der Waals surface area contributed by atoms with Crippen molar-refractivity contribution in [3.05, 3.63) is 48.5 Å². The summed E-state index contributed by atoms with van der Waals surface area (Å²) in [6.45, 7) is 4.85. The lowest BCUT2D eigenvalue weighted by Gasteiger charge is -2.17. The van der Waals surface area contributed by atoms with Crippen LogP contribution in [0.25, 0.3) is 0 Å². The van der Waals surface area contributed by atoms with E-state index < -0.39 is 0 Å². The van der Waals surface area contributed by atoms with Crippen molar-refractivity contribution in [2.24, 2.45) is 0 Å². The summed E-state index contributed by atoms with van der Waals surface area (Å²) in [5.74, 6) is 1.10. The molecule has 0 heterocycles. The Kier molecular flexibility index (Phi) is 8.34. The minimum absolute atomic E-state index is 0.0151. The maximum atomic E-state index is 12.3. The first-order valence-electron chi connectivity index (χ1n) is 9.56. The van der Waals surface area contributed by atoms with E-state index in [1.165, 1.54) is 0 Å². The van der Waals surface area contributed by atoms with Crippen molar-refractivity contribution in [3.8, 4) is 11.5 Å². The fraction of sp³-hybridized carbons (Fsp3) is 0.364. The molecule has 0 bridgehead atoms. The van der Waals surface area contributed by atoms with E-state index in [1.54, 1.807) is 30.1 Å². The van der Waals surface area contributed by atoms with Crippen molar-refractivity contribution in [2.75, 3.05) is 30.5 Å². The summed E-state index contributed by atoms with van der Waals surface area (Å²) in [6, 6.07) is 14.8. The third-order valence-corrected chi connectivity index (χ3v) is 4.14. The number of anilines is 2. The molecule has 0 aliphatic carbocycles. The average Bonchev–Trinajstić information content (AvgIpc) is 2.70. The van der Waals surface area contributed by atoms with Gasteiger partial charge in [-0.25, -0.2) is 0 Å². The van der Waals surface area contributed by atoms with E-state index in [-0.39, 0.29) is 18.2 Å². The number of carbonyl (C=O) groups excluding carboxylic acids is 2. The van der Waals surface area contributed by atoms with Crippen LogP contribution in [0.3, 0.4) is 0 Å². The summed E-state index contributed by atoms with van der Waals surface area (Å²) in [6.07, 6.45) is 1.06. The quantitative estimate of drug-likeness (QED) is 0.665. The molecule has 2 rings (SSSR count). The number of hydrogen-bond donors (Lipinski definition) is 1. The Labute approximate surface area is 166 Å². The maximum absolute atomic E-state index is 12.3. The molecule has 2 aromatic carbocycles. The van der Waals surface area contributed by atoms with Crippen molar-refractivity contribution in [1.29, 1.82) is 0 Å². The molecule has 0 fully saturated rings. The van der Waals surface area contributed by atoms with Crippen LogP contribution in [-0.2, 0) is 9.59 Å². The zero-order valence-electron chi connectivity index (χ0n) is 16.7. The minimum Gasteiger partial charge on any atom is -0.490 e. The fourth-order valence-electron chi connectivity index (χ4n) is 2.72. The molecule has 0 aliphatic rings. The second-order valence-corrected chi connectivity index (χ2v) is 6.22. The predicted octanol–water partition coefficient (Wildman–Crippen LogP) is 4.26. The summed E-state index contributed by atoms with van der Waals surface area (Å²) in [5.41, 5.74) is 1.49. The normalized spacial score (nSPS) is 10.2. The molecule has 28 heavy (non-hydrogen) atoms. The molecule has 0 unspecified atom stereocenters. The topological polar surface area (TPSA) is 67.9 Å². The first kappa shape index (κ1) is 21.3. The van der Waals surface area contributed by atoms with E-state index in [9.17, 15) is 9.59 Å². The average molecular weight is 384 g/mol. The van der Waals surface area contributed by atoms with Gasteiger partial charge in [-0.2, -0.15) is 0 Å². The van der Waals surface area contributed by atoms with Gasteiger partial charge in [0.15, 0.2) is 11.5 Å². The number of carbonyl (C=O) groups is 2. The van der Waals surface area contributed by atoms with Crippen molar-refractivity contribution in [1.82, 2.24) is 0 Å². The molecule has 6 nitrogen and oxygen atoms in total. The highest BCUT2D eigenvalue weighted by Crippen LogP contribution is 2.30. The molecule has 0 aromatic heterocycles. The first-order valence-corrected chi connectivity index (χ1v) is 9.56. The van der Waals surface area contributed by atoms with Crippen molar-refractivity contribution >= 4 is 23.2 Å². The van der Waals surface area contributed by atoms with E-state index in [1.807, 2.05) is 44.2 Å². The molecular weight excluding hydrogens is 356 g/mol. The molecular formula is C22H28N2O4. The maximum Gasteiger partial charge on any atom is 0.226 e. The highest BCUT2D eigenvalue weighted by molar-refractivity contribution is 5.94. The number of hydrogen-bond acceptors (Lipinski definition) is 4. The Balaban J connectivity index is 1.83. The summed E-state index contributed by atoms with van der Waals surface area (Å²) < 4.78 is 11.1. The molecule has 0 aliphatic heterocycles. The van der Waals surface area contributed by atoms with E-state index in [2.05, 4.69) is 5.32 Å². The van der Waals surface area contributed by atoms with Gasteiger partial charge in [0.25, 0.3) is 0 Å². The second-order valence-electron chi connectivity index (χ2n) is 6.22. The Morgan fingerprint density at radius 3 is 2.29 bits per heavy atom. The van der Waals surface area contributed by atoms with Gasteiger partial charge in [-0.05, 0) is 44.5 Å². The second kappa shape index (κ2) is 11.0. The van der Waals surface area contributed by atoms with Crippen LogP contribution < -0.4 is 19.7 Å². The molecule has 0 saturated carbocycles. The number of benzene rings is 2. The Morgan fingerprint density at radius 1 is 0.929 bits per heavy atom. The van der Waals surface area contributed by atoms with Gasteiger partial charge in [0.05, 0.1) is 13.2 Å². The van der Waals surface area contributed by atoms with Crippen molar-refractivity contribution in [2.45, 2.75) is 33.1 Å². The molecule has 0 atom stereocenters. The highest BCUT2D eigenvalue weighted by Gasteiger charge is 2.12. The van der Waals surface area contributed by atoms with Gasteiger partial charge in [0.2, 0.25) is 11.8 Å². The van der Waals surface area contributed by atoms with Gasteiger partial charge in [-0.15, -0.1) is 0 Å². The Hall–Kier alpha value is -3.02. The van der Waals surface area contributed by atoms with E-state index in [0.717, 1.165) is 5.69 Å². The van der Waals surface area contributed by atoms with Crippen LogP contribution in [0.5, 0.6) is 11.5 Å². The van der Waals surface area contributed by atoms with E-state index in [4.69, 9.17) is 9.47 Å². The van der Waals surface area contributed by atoms with Crippen molar-refractivity contribution < 1.29 is 19.1 Å². The third kappa shape index (κ3) is 6.30. The standard InChI is InChI=1S/C22H28N2O4/c1-4-27-19-15-14-17(16-20(19)28-5-2)23-21(25)12-9-13-22(26)24(3)18-10-7-6-8-11-18/h6-8,10-11,14-16H,4-5,9,12-13H2,1-3H3,(H,23,25). The van der Waals surface area contributed by atoms with Gasteiger partial charge in [0, 0.05) is 37.3 Å². The number of amides is 2. The Bertz CT molecular complexity index is 777. The number of nitrogens with one attached hydrogen (secondary N) is 1. The molecule has 0 spiro atoms. The molecule has 2 aromatic rings. The summed E-state index contributed by atoms with van der Waals surface area (Å²) in [4.78, 5) is 26.1. The summed E-state index contributed by atoms with van der Waals surface area (Å²) >= 11 is 0. The van der Waals surface area contributed by atoms with Crippen molar-refractivity contribution in [3.63, 3.8) is 0 Å². The number of nitrogens with zero attached hydrogens (tertiary/aromatic N) is 1. The van der Waals surface area contributed by atoms with Crippen LogP contribution in [0.4, 0.5) is 11.4 Å². The number of para-hydroxylation sites is 1. The SMILES string of the molecule is CCOc1ccc(NC(=O)CCCC(=O)N(C)c2ccccc2)cc1OCC. The zero-order chi connectivity index (χ0) is 20.4. The summed E-state index contributed by atoms with van der Waals surface area (Å²) in [7, 11) is 1.74. The lowest BCUT2D eigenvalue weighted by Crippen LogP contribution is -2.26. The van der Waals surface area contributed by atoms with Crippen LogP contribution in [-0.4, -0.2) is 32.1 Å².